The van der Waals surface area contributed by atoms with Gasteiger partial charge >= 0.3 is 0 Å². The third kappa shape index (κ3) is 3.78. The zero-order valence-corrected chi connectivity index (χ0v) is 14.5. The van der Waals surface area contributed by atoms with E-state index in [2.05, 4.69) is 12.1 Å². The molecule has 0 bridgehead atoms. The number of methoxy groups -OCH3 is 1. The lowest BCUT2D eigenvalue weighted by molar-refractivity contribution is -0.141. The molecule has 2 aromatic rings. The van der Waals surface area contributed by atoms with E-state index in [-0.39, 0.29) is 30.3 Å². The molecule has 1 aliphatic rings. The maximum Gasteiger partial charge on any atom is 0.256 e. The molecule has 2 N–H and O–H groups in total. The molecule has 5 heteroatoms. The van der Waals surface area contributed by atoms with E-state index in [0.29, 0.717) is 13.1 Å². The van der Waals surface area contributed by atoms with Crippen LogP contribution in [0, 0.1) is 0 Å². The monoisotopic (exact) mass is 346 g/mol. The SMILES string of the molecule is COC(C(=O)N1C[C@@H](N)[C@H](c2ccccc2)C1)c1ccccc1.Cl. The van der Waals surface area contributed by atoms with Crippen molar-refractivity contribution in [1.82, 2.24) is 4.90 Å². The van der Waals surface area contributed by atoms with E-state index >= 15 is 0 Å². The highest BCUT2D eigenvalue weighted by molar-refractivity contribution is 5.85. The Bertz CT molecular complexity index is 651. The van der Waals surface area contributed by atoms with Crippen LogP contribution in [0.1, 0.15) is 23.1 Å². The number of amides is 1. The van der Waals surface area contributed by atoms with Gasteiger partial charge in [0, 0.05) is 32.2 Å². The molecule has 4 nitrogen and oxygen atoms in total. The van der Waals surface area contributed by atoms with Crippen LogP contribution in [0.3, 0.4) is 0 Å². The number of carbonyl (C=O) groups excluding carboxylic acids is 1. The molecule has 0 saturated carbocycles. The smallest absolute Gasteiger partial charge is 0.256 e. The molecular formula is C19H23ClN2O2. The van der Waals surface area contributed by atoms with Crippen LogP contribution in [-0.4, -0.2) is 37.0 Å². The number of benzene rings is 2. The summed E-state index contributed by atoms with van der Waals surface area (Å²) in [5.41, 5.74) is 8.34. The van der Waals surface area contributed by atoms with E-state index in [4.69, 9.17) is 10.5 Å². The predicted molar refractivity (Wildman–Crippen MR) is 97.2 cm³/mol. The lowest BCUT2D eigenvalue weighted by Crippen LogP contribution is -2.36. The Hall–Kier alpha value is -1.88. The first-order chi connectivity index (χ1) is 11.2. The molecule has 3 atom stereocenters. The molecule has 1 fully saturated rings. The second kappa shape index (κ2) is 8.29. The average Bonchev–Trinajstić information content (AvgIpc) is 2.99. The van der Waals surface area contributed by atoms with Gasteiger partial charge in [-0.1, -0.05) is 60.7 Å². The number of nitrogens with zero attached hydrogens (tertiary/aromatic N) is 1. The first kappa shape index (κ1) is 18.5. The number of hydrogen-bond acceptors (Lipinski definition) is 3. The van der Waals surface area contributed by atoms with Crippen molar-refractivity contribution in [3.63, 3.8) is 0 Å². The second-order valence-corrected chi connectivity index (χ2v) is 5.95. The molecule has 24 heavy (non-hydrogen) atoms. The van der Waals surface area contributed by atoms with Crippen LogP contribution in [0.25, 0.3) is 0 Å². The quantitative estimate of drug-likeness (QED) is 0.926. The molecule has 0 aliphatic carbocycles. The average molecular weight is 347 g/mol. The molecule has 2 aromatic carbocycles. The highest BCUT2D eigenvalue weighted by Crippen LogP contribution is 2.29. The summed E-state index contributed by atoms with van der Waals surface area (Å²) < 4.78 is 5.45. The summed E-state index contributed by atoms with van der Waals surface area (Å²) >= 11 is 0. The summed E-state index contributed by atoms with van der Waals surface area (Å²) in [6.07, 6.45) is -0.571. The minimum atomic E-state index is -0.571. The van der Waals surface area contributed by atoms with Crippen LogP contribution in [0.5, 0.6) is 0 Å². The van der Waals surface area contributed by atoms with Gasteiger partial charge < -0.3 is 15.4 Å². The number of ether oxygens (including phenoxy) is 1. The number of rotatable bonds is 4. The molecule has 3 rings (SSSR count). The fourth-order valence-corrected chi connectivity index (χ4v) is 3.23. The minimum absolute atomic E-state index is 0. The molecule has 128 valence electrons. The summed E-state index contributed by atoms with van der Waals surface area (Å²) in [5.74, 6) is 0.154. The summed E-state index contributed by atoms with van der Waals surface area (Å²) in [4.78, 5) is 14.7. The third-order valence-corrected chi connectivity index (χ3v) is 4.47. The highest BCUT2D eigenvalue weighted by Gasteiger charge is 2.36. The van der Waals surface area contributed by atoms with Crippen LogP contribution in [-0.2, 0) is 9.53 Å². The Morgan fingerprint density at radius 3 is 2.25 bits per heavy atom. The summed E-state index contributed by atoms with van der Waals surface area (Å²) in [6.45, 7) is 1.20. The van der Waals surface area contributed by atoms with Gasteiger partial charge in [0.05, 0.1) is 0 Å². The highest BCUT2D eigenvalue weighted by atomic mass is 35.5. The lowest BCUT2D eigenvalue weighted by Gasteiger charge is -2.23. The summed E-state index contributed by atoms with van der Waals surface area (Å²) in [5, 5.41) is 0. The Kier molecular flexibility index (Phi) is 6.37. The topological polar surface area (TPSA) is 55.6 Å². The molecule has 0 radical (unpaired) electrons. The molecule has 1 unspecified atom stereocenters. The number of nitrogens with two attached hydrogens (primary N) is 1. The van der Waals surface area contributed by atoms with Crippen molar-refractivity contribution >= 4 is 18.3 Å². The second-order valence-electron chi connectivity index (χ2n) is 5.95. The Morgan fingerprint density at radius 2 is 1.67 bits per heavy atom. The normalized spacial score (nSPS) is 21.2. The molecule has 1 aliphatic heterocycles. The number of carbonyl (C=O) groups is 1. The largest absolute Gasteiger partial charge is 0.367 e. The fourth-order valence-electron chi connectivity index (χ4n) is 3.23. The molecule has 1 heterocycles. The third-order valence-electron chi connectivity index (χ3n) is 4.47. The van der Waals surface area contributed by atoms with Crippen molar-refractivity contribution in [2.75, 3.05) is 20.2 Å². The first-order valence-electron chi connectivity index (χ1n) is 7.87. The van der Waals surface area contributed by atoms with Gasteiger partial charge in [-0.3, -0.25) is 4.79 Å². The Morgan fingerprint density at radius 1 is 1.08 bits per heavy atom. The zero-order chi connectivity index (χ0) is 16.2. The number of halogens is 1. The van der Waals surface area contributed by atoms with Gasteiger partial charge in [-0.25, -0.2) is 0 Å². The van der Waals surface area contributed by atoms with Gasteiger partial charge in [-0.15, -0.1) is 12.4 Å². The van der Waals surface area contributed by atoms with E-state index in [1.54, 1.807) is 7.11 Å². The van der Waals surface area contributed by atoms with E-state index in [0.717, 1.165) is 5.56 Å². The van der Waals surface area contributed by atoms with Gasteiger partial charge in [0.2, 0.25) is 0 Å². The van der Waals surface area contributed by atoms with E-state index < -0.39 is 6.10 Å². The zero-order valence-electron chi connectivity index (χ0n) is 13.7. The number of hydrogen-bond donors (Lipinski definition) is 1. The van der Waals surface area contributed by atoms with Crippen molar-refractivity contribution in [3.8, 4) is 0 Å². The fraction of sp³-hybridized carbons (Fsp3) is 0.316. The van der Waals surface area contributed by atoms with Crippen LogP contribution in [0.2, 0.25) is 0 Å². The standard InChI is InChI=1S/C19H22N2O2.ClH/c1-23-18(15-10-6-3-7-11-15)19(22)21-12-16(17(20)13-21)14-8-4-2-5-9-14;/h2-11,16-18H,12-13,20H2,1H3;1H/t16-,17+,18?;/m0./s1. The molecule has 1 saturated heterocycles. The predicted octanol–water partition coefficient (Wildman–Crippen LogP) is 2.75. The molecular weight excluding hydrogens is 324 g/mol. The van der Waals surface area contributed by atoms with Crippen molar-refractivity contribution < 1.29 is 9.53 Å². The van der Waals surface area contributed by atoms with Crippen molar-refractivity contribution in [2.45, 2.75) is 18.1 Å². The van der Waals surface area contributed by atoms with Crippen LogP contribution in [0.4, 0.5) is 0 Å². The van der Waals surface area contributed by atoms with E-state index in [1.807, 2.05) is 53.4 Å². The van der Waals surface area contributed by atoms with Crippen molar-refractivity contribution in [3.05, 3.63) is 71.8 Å². The molecule has 0 spiro atoms. The van der Waals surface area contributed by atoms with Crippen LogP contribution in [0.15, 0.2) is 60.7 Å². The number of likely N-dealkylation sites (tertiary alicyclic amines) is 1. The van der Waals surface area contributed by atoms with Gasteiger partial charge in [-0.05, 0) is 11.1 Å². The van der Waals surface area contributed by atoms with Crippen molar-refractivity contribution in [2.24, 2.45) is 5.73 Å². The summed E-state index contributed by atoms with van der Waals surface area (Å²) in [6, 6.07) is 19.7. The van der Waals surface area contributed by atoms with Gasteiger partial charge in [-0.2, -0.15) is 0 Å². The molecule has 0 aromatic heterocycles. The van der Waals surface area contributed by atoms with Crippen LogP contribution < -0.4 is 5.73 Å². The molecule has 1 amide bonds. The Balaban J connectivity index is 0.00000208. The lowest BCUT2D eigenvalue weighted by atomic mass is 9.95. The maximum absolute atomic E-state index is 12.8. The van der Waals surface area contributed by atoms with E-state index in [1.165, 1.54) is 5.56 Å². The van der Waals surface area contributed by atoms with Gasteiger partial charge in [0.15, 0.2) is 6.10 Å². The van der Waals surface area contributed by atoms with Gasteiger partial charge in [0.25, 0.3) is 5.91 Å². The Labute approximate surface area is 149 Å². The maximum atomic E-state index is 12.8. The first-order valence-corrected chi connectivity index (χ1v) is 7.87. The van der Waals surface area contributed by atoms with Crippen molar-refractivity contribution in [1.29, 1.82) is 0 Å². The summed E-state index contributed by atoms with van der Waals surface area (Å²) in [7, 11) is 1.57. The van der Waals surface area contributed by atoms with E-state index in [9.17, 15) is 4.79 Å². The van der Waals surface area contributed by atoms with Gasteiger partial charge in [0.1, 0.15) is 0 Å². The minimum Gasteiger partial charge on any atom is -0.367 e. The van der Waals surface area contributed by atoms with Crippen LogP contribution >= 0.6 is 12.4 Å².